The number of amides is 1. The summed E-state index contributed by atoms with van der Waals surface area (Å²) in [7, 11) is 0. The van der Waals surface area contributed by atoms with Crippen LogP contribution in [-0.2, 0) is 6.54 Å². The first-order valence-corrected chi connectivity index (χ1v) is 9.64. The molecule has 0 bridgehead atoms. The molecule has 1 saturated heterocycles. The van der Waals surface area contributed by atoms with Gasteiger partial charge in [-0.25, -0.2) is 0 Å². The van der Waals surface area contributed by atoms with Gasteiger partial charge in [0.1, 0.15) is 0 Å². The van der Waals surface area contributed by atoms with Gasteiger partial charge in [-0.1, -0.05) is 47.1 Å². The minimum Gasteiger partial charge on any atom is -0.338 e. The summed E-state index contributed by atoms with van der Waals surface area (Å²) in [6.45, 7) is 5.44. The molecule has 28 heavy (non-hydrogen) atoms. The second-order valence-corrected chi connectivity index (χ2v) is 7.34. The Labute approximate surface area is 168 Å². The van der Waals surface area contributed by atoms with Gasteiger partial charge in [0.05, 0.1) is 6.54 Å². The average Bonchev–Trinajstić information content (AvgIpc) is 3.16. The summed E-state index contributed by atoms with van der Waals surface area (Å²) in [5.74, 6) is 1.22. The second kappa shape index (κ2) is 8.12. The highest BCUT2D eigenvalue weighted by atomic mass is 35.5. The number of hydrogen-bond donors (Lipinski definition) is 0. The number of halogens is 1. The molecule has 1 aromatic heterocycles. The molecule has 1 fully saturated rings. The maximum absolute atomic E-state index is 12.6. The quantitative estimate of drug-likeness (QED) is 0.673. The van der Waals surface area contributed by atoms with Crippen LogP contribution in [0.25, 0.3) is 11.4 Å². The summed E-state index contributed by atoms with van der Waals surface area (Å²) in [4.78, 5) is 21.2. The van der Waals surface area contributed by atoms with Crippen LogP contribution in [0.5, 0.6) is 0 Å². The normalized spacial score (nSPS) is 15.0. The monoisotopic (exact) mass is 396 g/mol. The average molecular weight is 397 g/mol. The van der Waals surface area contributed by atoms with E-state index in [0.717, 1.165) is 24.2 Å². The van der Waals surface area contributed by atoms with E-state index in [-0.39, 0.29) is 5.91 Å². The third-order valence-electron chi connectivity index (χ3n) is 4.94. The highest BCUT2D eigenvalue weighted by molar-refractivity contribution is 6.30. The molecule has 4 rings (SSSR count). The molecule has 3 aromatic rings. The molecular weight excluding hydrogens is 376 g/mol. The van der Waals surface area contributed by atoms with E-state index in [1.807, 2.05) is 36.1 Å². The van der Waals surface area contributed by atoms with E-state index in [1.165, 1.54) is 0 Å². The fourth-order valence-corrected chi connectivity index (χ4v) is 3.55. The molecule has 2 heterocycles. The van der Waals surface area contributed by atoms with Crippen LogP contribution in [0.4, 0.5) is 0 Å². The topological polar surface area (TPSA) is 62.5 Å². The standard InChI is InChI=1S/C21H21ClN4O2/c1-15-5-2-3-8-18(15)20-23-19(28-24-20)14-25-9-11-26(12-10-25)21(27)16-6-4-7-17(22)13-16/h2-8,13H,9-12,14H2,1H3. The van der Waals surface area contributed by atoms with E-state index in [9.17, 15) is 4.79 Å². The van der Waals surface area contributed by atoms with E-state index in [4.69, 9.17) is 16.1 Å². The van der Waals surface area contributed by atoms with Crippen molar-refractivity contribution in [3.63, 3.8) is 0 Å². The Morgan fingerprint density at radius 2 is 1.89 bits per heavy atom. The lowest BCUT2D eigenvalue weighted by Gasteiger charge is -2.34. The van der Waals surface area contributed by atoms with E-state index in [2.05, 4.69) is 15.0 Å². The molecule has 0 radical (unpaired) electrons. The van der Waals surface area contributed by atoms with Crippen LogP contribution in [0.2, 0.25) is 5.02 Å². The van der Waals surface area contributed by atoms with Crippen molar-refractivity contribution in [2.24, 2.45) is 0 Å². The third kappa shape index (κ3) is 4.08. The molecule has 1 aliphatic rings. The van der Waals surface area contributed by atoms with Crippen molar-refractivity contribution in [1.29, 1.82) is 0 Å². The highest BCUT2D eigenvalue weighted by Gasteiger charge is 2.23. The predicted molar refractivity (Wildman–Crippen MR) is 107 cm³/mol. The van der Waals surface area contributed by atoms with Crippen molar-refractivity contribution in [3.8, 4) is 11.4 Å². The lowest BCUT2D eigenvalue weighted by molar-refractivity contribution is 0.0615. The molecule has 0 aliphatic carbocycles. The van der Waals surface area contributed by atoms with Crippen LogP contribution < -0.4 is 0 Å². The highest BCUT2D eigenvalue weighted by Crippen LogP contribution is 2.20. The Hall–Kier alpha value is -2.70. The first-order chi connectivity index (χ1) is 13.6. The van der Waals surface area contributed by atoms with Gasteiger partial charge in [0.2, 0.25) is 11.7 Å². The molecule has 6 nitrogen and oxygen atoms in total. The molecular formula is C21H21ClN4O2. The molecule has 144 valence electrons. The lowest BCUT2D eigenvalue weighted by atomic mass is 10.1. The van der Waals surface area contributed by atoms with E-state index in [0.29, 0.717) is 41.9 Å². The fraction of sp³-hybridized carbons (Fsp3) is 0.286. The summed E-state index contributed by atoms with van der Waals surface area (Å²) in [5.41, 5.74) is 2.72. The van der Waals surface area contributed by atoms with E-state index >= 15 is 0 Å². The van der Waals surface area contributed by atoms with Crippen LogP contribution >= 0.6 is 11.6 Å². The maximum atomic E-state index is 12.6. The Bertz CT molecular complexity index is 980. The Balaban J connectivity index is 1.35. The molecule has 0 spiro atoms. The zero-order valence-corrected chi connectivity index (χ0v) is 16.4. The molecule has 0 unspecified atom stereocenters. The van der Waals surface area contributed by atoms with Crippen molar-refractivity contribution >= 4 is 17.5 Å². The van der Waals surface area contributed by atoms with Gasteiger partial charge in [-0.15, -0.1) is 0 Å². The number of hydrogen-bond acceptors (Lipinski definition) is 5. The van der Waals surface area contributed by atoms with Crippen molar-refractivity contribution < 1.29 is 9.32 Å². The lowest BCUT2D eigenvalue weighted by Crippen LogP contribution is -2.48. The van der Waals surface area contributed by atoms with Gasteiger partial charge in [0.25, 0.3) is 5.91 Å². The molecule has 0 N–H and O–H groups in total. The van der Waals surface area contributed by atoms with Crippen molar-refractivity contribution in [2.45, 2.75) is 13.5 Å². The van der Waals surface area contributed by atoms with Gasteiger partial charge < -0.3 is 9.42 Å². The molecule has 1 amide bonds. The Morgan fingerprint density at radius 3 is 2.64 bits per heavy atom. The van der Waals surface area contributed by atoms with Gasteiger partial charge in [0, 0.05) is 42.3 Å². The van der Waals surface area contributed by atoms with E-state index in [1.54, 1.807) is 24.3 Å². The summed E-state index contributed by atoms with van der Waals surface area (Å²) in [5, 5.41) is 4.69. The zero-order valence-electron chi connectivity index (χ0n) is 15.6. The minimum atomic E-state index is 0.0155. The molecule has 1 aliphatic heterocycles. The third-order valence-corrected chi connectivity index (χ3v) is 5.18. The van der Waals surface area contributed by atoms with Crippen LogP contribution in [-0.4, -0.2) is 52.0 Å². The second-order valence-electron chi connectivity index (χ2n) is 6.91. The summed E-state index contributed by atoms with van der Waals surface area (Å²) in [6, 6.07) is 15.1. The number of aromatic nitrogens is 2. The summed E-state index contributed by atoms with van der Waals surface area (Å²) < 4.78 is 5.44. The number of benzene rings is 2. The molecule has 2 aromatic carbocycles. The number of rotatable bonds is 4. The van der Waals surface area contributed by atoms with Crippen molar-refractivity contribution in [2.75, 3.05) is 26.2 Å². The minimum absolute atomic E-state index is 0.0155. The number of aryl methyl sites for hydroxylation is 1. The molecule has 0 saturated carbocycles. The Kier molecular flexibility index (Phi) is 5.41. The van der Waals surface area contributed by atoms with Crippen molar-refractivity contribution in [3.05, 3.63) is 70.6 Å². The molecule has 7 heteroatoms. The van der Waals surface area contributed by atoms with Crippen LogP contribution in [0.15, 0.2) is 53.1 Å². The van der Waals surface area contributed by atoms with Crippen LogP contribution in [0.1, 0.15) is 21.8 Å². The summed E-state index contributed by atoms with van der Waals surface area (Å²) in [6.07, 6.45) is 0. The van der Waals surface area contributed by atoms with Crippen LogP contribution in [0.3, 0.4) is 0 Å². The number of piperazine rings is 1. The number of carbonyl (C=O) groups is 1. The molecule has 0 atom stereocenters. The number of carbonyl (C=O) groups excluding carboxylic acids is 1. The Morgan fingerprint density at radius 1 is 1.11 bits per heavy atom. The zero-order chi connectivity index (χ0) is 19.5. The van der Waals surface area contributed by atoms with Crippen LogP contribution in [0, 0.1) is 6.92 Å². The fourth-order valence-electron chi connectivity index (χ4n) is 3.36. The van der Waals surface area contributed by atoms with E-state index < -0.39 is 0 Å². The van der Waals surface area contributed by atoms with Gasteiger partial charge in [-0.05, 0) is 30.7 Å². The largest absolute Gasteiger partial charge is 0.338 e. The van der Waals surface area contributed by atoms with Crippen molar-refractivity contribution in [1.82, 2.24) is 19.9 Å². The number of nitrogens with zero attached hydrogens (tertiary/aromatic N) is 4. The SMILES string of the molecule is Cc1ccccc1-c1noc(CN2CCN(C(=O)c3cccc(Cl)c3)CC2)n1. The smallest absolute Gasteiger partial charge is 0.253 e. The first kappa shape index (κ1) is 18.7. The van der Waals surface area contributed by atoms with Gasteiger partial charge in [-0.2, -0.15) is 4.98 Å². The first-order valence-electron chi connectivity index (χ1n) is 9.26. The summed E-state index contributed by atoms with van der Waals surface area (Å²) >= 11 is 6.00. The van der Waals surface area contributed by atoms with Gasteiger partial charge in [0.15, 0.2) is 0 Å². The van der Waals surface area contributed by atoms with Gasteiger partial charge in [-0.3, -0.25) is 9.69 Å². The predicted octanol–water partition coefficient (Wildman–Crippen LogP) is 3.66. The van der Waals surface area contributed by atoms with Gasteiger partial charge >= 0.3 is 0 Å². The maximum Gasteiger partial charge on any atom is 0.253 e.